The van der Waals surface area contributed by atoms with Crippen LogP contribution in [0.2, 0.25) is 0 Å². The lowest BCUT2D eigenvalue weighted by Gasteiger charge is -2.26. The second-order valence-corrected chi connectivity index (χ2v) is 3.01. The summed E-state index contributed by atoms with van der Waals surface area (Å²) in [5.74, 6) is 0.406. The minimum atomic E-state index is 0.147. The molecule has 1 saturated heterocycles. The number of piperidine rings is 1. The predicted molar refractivity (Wildman–Crippen MR) is 43.0 cm³/mol. The number of allylic oxidation sites excluding steroid dienone is 4. The van der Waals surface area contributed by atoms with E-state index in [1.807, 2.05) is 12.2 Å². The van der Waals surface area contributed by atoms with Crippen LogP contribution in [0.1, 0.15) is 12.8 Å². The van der Waals surface area contributed by atoms with Gasteiger partial charge in [0.15, 0.2) is 5.78 Å². The molecule has 2 heteroatoms. The van der Waals surface area contributed by atoms with E-state index in [4.69, 9.17) is 0 Å². The average Bonchev–Trinajstić information content (AvgIpc) is 2.06. The number of hydrogen-bond acceptors (Lipinski definition) is 2. The van der Waals surface area contributed by atoms with Crippen LogP contribution in [0.4, 0.5) is 0 Å². The Labute approximate surface area is 66.0 Å². The highest BCUT2D eigenvalue weighted by molar-refractivity contribution is 5.95. The number of carbonyl (C=O) groups excluding carboxylic acids is 1. The zero-order valence-corrected chi connectivity index (χ0v) is 6.34. The maximum atomic E-state index is 11.3. The van der Waals surface area contributed by atoms with Gasteiger partial charge in [0.2, 0.25) is 0 Å². The van der Waals surface area contributed by atoms with Gasteiger partial charge in [0.05, 0.1) is 5.92 Å². The molecule has 0 aromatic carbocycles. The van der Waals surface area contributed by atoms with Gasteiger partial charge in [-0.15, -0.1) is 0 Å². The zero-order chi connectivity index (χ0) is 7.68. The van der Waals surface area contributed by atoms with Crippen molar-refractivity contribution in [3.8, 4) is 0 Å². The molecule has 1 heterocycles. The fourth-order valence-electron chi connectivity index (χ4n) is 1.65. The zero-order valence-electron chi connectivity index (χ0n) is 6.34. The third-order valence-corrected chi connectivity index (χ3v) is 2.25. The summed E-state index contributed by atoms with van der Waals surface area (Å²) in [4.78, 5) is 11.3. The van der Waals surface area contributed by atoms with E-state index < -0.39 is 0 Å². The van der Waals surface area contributed by atoms with Crippen molar-refractivity contribution in [3.63, 3.8) is 0 Å². The van der Waals surface area contributed by atoms with E-state index in [0.717, 1.165) is 25.1 Å². The highest BCUT2D eigenvalue weighted by atomic mass is 16.1. The lowest BCUT2D eigenvalue weighted by Crippen LogP contribution is -2.32. The molecule has 58 valence electrons. The third-order valence-electron chi connectivity index (χ3n) is 2.25. The first-order chi connectivity index (χ1) is 5.38. The van der Waals surface area contributed by atoms with Gasteiger partial charge in [0, 0.05) is 12.2 Å². The molecule has 0 saturated carbocycles. The maximum absolute atomic E-state index is 11.3. The number of nitrogens with one attached hydrogen (secondary N) is 1. The van der Waals surface area contributed by atoms with Crippen molar-refractivity contribution >= 4 is 5.78 Å². The fourth-order valence-corrected chi connectivity index (χ4v) is 1.65. The van der Waals surface area contributed by atoms with E-state index in [-0.39, 0.29) is 11.7 Å². The Bertz CT molecular complexity index is 240. The van der Waals surface area contributed by atoms with Gasteiger partial charge >= 0.3 is 0 Å². The van der Waals surface area contributed by atoms with Gasteiger partial charge in [-0.1, -0.05) is 6.08 Å². The van der Waals surface area contributed by atoms with Crippen molar-refractivity contribution in [2.75, 3.05) is 6.54 Å². The standard InChI is InChI=1S/C9H11NO/c11-9-5-1-4-8-7(9)3-2-6-10-8/h1,4-5,7,10H,2-3,6H2. The Balaban J connectivity index is 2.25. The Kier molecular flexibility index (Phi) is 1.53. The van der Waals surface area contributed by atoms with Crippen LogP contribution in [0.5, 0.6) is 0 Å². The summed E-state index contributed by atoms with van der Waals surface area (Å²) in [5.41, 5.74) is 1.11. The summed E-state index contributed by atoms with van der Waals surface area (Å²) in [7, 11) is 0. The van der Waals surface area contributed by atoms with Crippen molar-refractivity contribution in [1.82, 2.24) is 5.32 Å². The number of ketones is 1. The Morgan fingerprint density at radius 2 is 2.45 bits per heavy atom. The van der Waals surface area contributed by atoms with Crippen LogP contribution in [-0.2, 0) is 4.79 Å². The molecule has 1 atom stereocenters. The van der Waals surface area contributed by atoms with Gasteiger partial charge in [0.25, 0.3) is 0 Å². The van der Waals surface area contributed by atoms with Crippen LogP contribution in [0, 0.1) is 5.92 Å². The van der Waals surface area contributed by atoms with E-state index in [1.54, 1.807) is 6.08 Å². The van der Waals surface area contributed by atoms with Crippen LogP contribution in [0.3, 0.4) is 0 Å². The lowest BCUT2D eigenvalue weighted by molar-refractivity contribution is -0.117. The van der Waals surface area contributed by atoms with Crippen LogP contribution in [0.25, 0.3) is 0 Å². The van der Waals surface area contributed by atoms with Gasteiger partial charge in [-0.25, -0.2) is 0 Å². The molecular formula is C9H11NO. The number of fused-ring (bicyclic) bond motifs is 1. The molecule has 1 unspecified atom stereocenters. The molecule has 11 heavy (non-hydrogen) atoms. The second kappa shape index (κ2) is 2.53. The minimum Gasteiger partial charge on any atom is -0.388 e. The SMILES string of the molecule is O=C1C=CC=C2NCCCC12. The average molecular weight is 149 g/mol. The largest absolute Gasteiger partial charge is 0.388 e. The summed E-state index contributed by atoms with van der Waals surface area (Å²) in [6, 6.07) is 0. The Morgan fingerprint density at radius 3 is 3.27 bits per heavy atom. The van der Waals surface area contributed by atoms with Crippen molar-refractivity contribution < 1.29 is 4.79 Å². The van der Waals surface area contributed by atoms with Gasteiger partial charge in [-0.05, 0) is 25.0 Å². The molecule has 1 aliphatic heterocycles. The molecule has 0 bridgehead atoms. The number of carbonyl (C=O) groups is 1. The summed E-state index contributed by atoms with van der Waals surface area (Å²) in [6.45, 7) is 1.02. The van der Waals surface area contributed by atoms with E-state index in [9.17, 15) is 4.79 Å². The van der Waals surface area contributed by atoms with Crippen LogP contribution < -0.4 is 5.32 Å². The summed E-state index contributed by atoms with van der Waals surface area (Å²) >= 11 is 0. The smallest absolute Gasteiger partial charge is 0.164 e. The highest BCUT2D eigenvalue weighted by Gasteiger charge is 2.24. The van der Waals surface area contributed by atoms with Gasteiger partial charge in [0.1, 0.15) is 0 Å². The van der Waals surface area contributed by atoms with E-state index in [0.29, 0.717) is 0 Å². The molecule has 1 fully saturated rings. The normalized spacial score (nSPS) is 28.9. The highest BCUT2D eigenvalue weighted by Crippen LogP contribution is 2.23. The van der Waals surface area contributed by atoms with E-state index in [2.05, 4.69) is 5.32 Å². The van der Waals surface area contributed by atoms with E-state index >= 15 is 0 Å². The summed E-state index contributed by atoms with van der Waals surface area (Å²) < 4.78 is 0. The lowest BCUT2D eigenvalue weighted by atomic mass is 9.88. The number of rotatable bonds is 0. The first-order valence-electron chi connectivity index (χ1n) is 4.04. The summed E-state index contributed by atoms with van der Waals surface area (Å²) in [5, 5.41) is 3.24. The third kappa shape index (κ3) is 1.09. The van der Waals surface area contributed by atoms with E-state index in [1.165, 1.54) is 0 Å². The van der Waals surface area contributed by atoms with Crippen molar-refractivity contribution in [1.29, 1.82) is 0 Å². The topological polar surface area (TPSA) is 29.1 Å². The molecule has 0 aromatic heterocycles. The minimum absolute atomic E-state index is 0.147. The molecule has 0 aromatic rings. The Morgan fingerprint density at radius 1 is 1.55 bits per heavy atom. The van der Waals surface area contributed by atoms with Crippen molar-refractivity contribution in [2.24, 2.45) is 5.92 Å². The molecule has 1 N–H and O–H groups in total. The molecule has 0 spiro atoms. The van der Waals surface area contributed by atoms with Crippen LogP contribution in [-0.4, -0.2) is 12.3 Å². The van der Waals surface area contributed by atoms with Crippen molar-refractivity contribution in [3.05, 3.63) is 23.9 Å². The van der Waals surface area contributed by atoms with Crippen LogP contribution >= 0.6 is 0 Å². The predicted octanol–water partition coefficient (Wildman–Crippen LogP) is 1.01. The monoisotopic (exact) mass is 149 g/mol. The van der Waals surface area contributed by atoms with Crippen LogP contribution in [0.15, 0.2) is 23.9 Å². The molecule has 2 rings (SSSR count). The molecule has 0 amide bonds. The quantitative estimate of drug-likeness (QED) is 0.557. The second-order valence-electron chi connectivity index (χ2n) is 3.01. The molecular weight excluding hydrogens is 138 g/mol. The van der Waals surface area contributed by atoms with Gasteiger partial charge in [-0.3, -0.25) is 4.79 Å². The molecule has 2 aliphatic rings. The molecule has 2 nitrogen and oxygen atoms in total. The molecule has 1 aliphatic carbocycles. The maximum Gasteiger partial charge on any atom is 0.164 e. The number of hydrogen-bond donors (Lipinski definition) is 1. The summed E-state index contributed by atoms with van der Waals surface area (Å²) in [6.07, 6.45) is 7.63. The first kappa shape index (κ1) is 6.65. The van der Waals surface area contributed by atoms with Crippen molar-refractivity contribution in [2.45, 2.75) is 12.8 Å². The van der Waals surface area contributed by atoms with Gasteiger partial charge < -0.3 is 5.32 Å². The fraction of sp³-hybridized carbons (Fsp3) is 0.444. The Hall–Kier alpha value is -1.05. The van der Waals surface area contributed by atoms with Gasteiger partial charge in [-0.2, -0.15) is 0 Å². The molecule has 0 radical (unpaired) electrons. The first-order valence-corrected chi connectivity index (χ1v) is 4.04.